The van der Waals surface area contributed by atoms with Crippen LogP contribution in [0.2, 0.25) is 5.02 Å². The van der Waals surface area contributed by atoms with Crippen molar-refractivity contribution in [3.8, 4) is 5.75 Å². The number of anilines is 2. The van der Waals surface area contributed by atoms with Gasteiger partial charge in [-0.2, -0.15) is 0 Å². The Bertz CT molecular complexity index is 1510. The number of fused-ring (bicyclic) bond motifs is 1. The van der Waals surface area contributed by atoms with Gasteiger partial charge in [-0.25, -0.2) is 4.57 Å². The SMILES string of the molecule is O=C(NCCCCC1CCCCN1c1ccc2c(c1OP(=O)(O)O)CCCC2)c1ccc(NC(=O)c2ccc(Cl)cc2)cc1. The summed E-state index contributed by atoms with van der Waals surface area (Å²) in [6.45, 7) is 1.35. The second kappa shape index (κ2) is 14.6. The van der Waals surface area contributed by atoms with Gasteiger partial charge in [0, 0.05) is 46.5 Å². The van der Waals surface area contributed by atoms with Crippen LogP contribution < -0.4 is 20.1 Å². The third-order valence-corrected chi connectivity index (χ3v) is 9.04. The van der Waals surface area contributed by atoms with Crippen LogP contribution >= 0.6 is 19.4 Å². The van der Waals surface area contributed by atoms with E-state index >= 15 is 0 Å². The highest BCUT2D eigenvalue weighted by Gasteiger charge is 2.30. The molecule has 9 nitrogen and oxygen atoms in total. The van der Waals surface area contributed by atoms with Crippen molar-refractivity contribution in [1.29, 1.82) is 0 Å². The van der Waals surface area contributed by atoms with Crippen LogP contribution in [0.1, 0.15) is 83.2 Å². The minimum Gasteiger partial charge on any atom is -0.402 e. The van der Waals surface area contributed by atoms with Crippen LogP contribution in [0, 0.1) is 0 Å². The van der Waals surface area contributed by atoms with E-state index in [0.29, 0.717) is 34.1 Å². The molecule has 2 aliphatic rings. The summed E-state index contributed by atoms with van der Waals surface area (Å²) in [5, 5.41) is 6.35. The lowest BCUT2D eigenvalue weighted by atomic mass is 9.89. The predicted molar refractivity (Wildman–Crippen MR) is 173 cm³/mol. The molecule has 1 heterocycles. The number of amides is 2. The van der Waals surface area contributed by atoms with Crippen LogP contribution in [-0.4, -0.2) is 40.7 Å². The van der Waals surface area contributed by atoms with E-state index in [0.717, 1.165) is 87.6 Å². The molecule has 2 amide bonds. The van der Waals surface area contributed by atoms with E-state index in [1.54, 1.807) is 48.5 Å². The van der Waals surface area contributed by atoms with Crippen LogP contribution in [0.3, 0.4) is 0 Å². The number of hydrogen-bond acceptors (Lipinski definition) is 5. The normalized spacial score (nSPS) is 16.6. The molecule has 1 aliphatic carbocycles. The summed E-state index contributed by atoms with van der Waals surface area (Å²) >= 11 is 5.89. The zero-order valence-corrected chi connectivity index (χ0v) is 26.3. The van der Waals surface area contributed by atoms with Crippen LogP contribution in [0.4, 0.5) is 11.4 Å². The minimum atomic E-state index is -4.71. The van der Waals surface area contributed by atoms with Gasteiger partial charge in [-0.15, -0.1) is 0 Å². The molecule has 44 heavy (non-hydrogen) atoms. The maximum Gasteiger partial charge on any atom is 0.524 e. The lowest BCUT2D eigenvalue weighted by Crippen LogP contribution is -2.40. The van der Waals surface area contributed by atoms with E-state index in [1.807, 2.05) is 6.07 Å². The molecule has 234 valence electrons. The number of hydrogen-bond donors (Lipinski definition) is 4. The first-order valence-corrected chi connectivity index (χ1v) is 17.2. The fourth-order valence-corrected chi connectivity index (χ4v) is 6.73. The van der Waals surface area contributed by atoms with Gasteiger partial charge >= 0.3 is 7.82 Å². The molecular weight excluding hydrogens is 601 g/mol. The summed E-state index contributed by atoms with van der Waals surface area (Å²) in [6.07, 6.45) is 9.44. The van der Waals surface area contributed by atoms with Gasteiger partial charge in [0.15, 0.2) is 5.75 Å². The number of phosphoric ester groups is 1. The number of carbonyl (C=O) groups excluding carboxylic acids is 2. The van der Waals surface area contributed by atoms with Crippen LogP contribution in [-0.2, 0) is 17.4 Å². The topological polar surface area (TPSA) is 128 Å². The molecule has 1 fully saturated rings. The number of unbranched alkanes of at least 4 members (excludes halogenated alkanes) is 1. The number of nitrogens with one attached hydrogen (secondary N) is 2. The van der Waals surface area contributed by atoms with Crippen molar-refractivity contribution >= 4 is 42.6 Å². The van der Waals surface area contributed by atoms with Gasteiger partial charge in [0.1, 0.15) is 0 Å². The fourth-order valence-electron chi connectivity index (χ4n) is 6.16. The minimum absolute atomic E-state index is 0.173. The number of phosphoric acid groups is 1. The summed E-state index contributed by atoms with van der Waals surface area (Å²) in [5.74, 6) is -0.0778. The van der Waals surface area contributed by atoms with Crippen molar-refractivity contribution in [2.45, 2.75) is 70.3 Å². The third kappa shape index (κ3) is 8.42. The Balaban J connectivity index is 1.12. The third-order valence-electron chi connectivity index (χ3n) is 8.37. The number of benzene rings is 3. The monoisotopic (exact) mass is 639 g/mol. The Kier molecular flexibility index (Phi) is 10.6. The molecule has 11 heteroatoms. The average molecular weight is 640 g/mol. The van der Waals surface area contributed by atoms with Gasteiger partial charge in [-0.3, -0.25) is 19.4 Å². The summed E-state index contributed by atoms with van der Waals surface area (Å²) in [7, 11) is -4.71. The maximum absolute atomic E-state index is 12.7. The lowest BCUT2D eigenvalue weighted by Gasteiger charge is -2.39. The molecular formula is C33H39ClN3O6P. The van der Waals surface area contributed by atoms with Gasteiger partial charge in [0.2, 0.25) is 0 Å². The summed E-state index contributed by atoms with van der Waals surface area (Å²) in [4.78, 5) is 46.8. The Morgan fingerprint density at radius 1 is 0.886 bits per heavy atom. The number of aryl methyl sites for hydroxylation is 1. The van der Waals surface area contributed by atoms with Gasteiger partial charge in [-0.05, 0) is 124 Å². The molecule has 3 aromatic rings. The molecule has 1 atom stereocenters. The first-order chi connectivity index (χ1) is 21.2. The zero-order valence-electron chi connectivity index (χ0n) is 24.6. The Morgan fingerprint density at radius 2 is 1.59 bits per heavy atom. The largest absolute Gasteiger partial charge is 0.524 e. The highest BCUT2D eigenvalue weighted by Crippen LogP contribution is 2.48. The molecule has 0 bridgehead atoms. The van der Waals surface area contributed by atoms with Crippen LogP contribution in [0.25, 0.3) is 0 Å². The zero-order chi connectivity index (χ0) is 31.1. The van der Waals surface area contributed by atoms with E-state index < -0.39 is 7.82 Å². The van der Waals surface area contributed by atoms with Crippen molar-refractivity contribution in [3.05, 3.63) is 87.9 Å². The second-order valence-corrected chi connectivity index (χ2v) is 13.1. The van der Waals surface area contributed by atoms with E-state index in [2.05, 4.69) is 21.6 Å². The van der Waals surface area contributed by atoms with E-state index in [1.165, 1.54) is 0 Å². The maximum atomic E-state index is 12.7. The highest BCUT2D eigenvalue weighted by molar-refractivity contribution is 7.46. The average Bonchev–Trinajstić information content (AvgIpc) is 3.01. The van der Waals surface area contributed by atoms with E-state index in [4.69, 9.17) is 16.1 Å². The van der Waals surface area contributed by atoms with Gasteiger partial charge in [-0.1, -0.05) is 17.7 Å². The Hall–Kier alpha value is -3.36. The molecule has 0 saturated carbocycles. The van der Waals surface area contributed by atoms with Crippen molar-refractivity contribution in [1.82, 2.24) is 5.32 Å². The number of carbonyl (C=O) groups is 2. The summed E-state index contributed by atoms with van der Waals surface area (Å²) in [5.41, 5.74) is 4.42. The quantitative estimate of drug-likeness (QED) is 0.133. The molecule has 0 radical (unpaired) electrons. The first kappa shape index (κ1) is 32.0. The predicted octanol–water partition coefficient (Wildman–Crippen LogP) is 6.90. The van der Waals surface area contributed by atoms with Crippen molar-refractivity contribution in [3.63, 3.8) is 0 Å². The molecule has 1 saturated heterocycles. The van der Waals surface area contributed by atoms with Gasteiger partial charge in [0.05, 0.1) is 5.69 Å². The molecule has 5 rings (SSSR count). The molecule has 4 N–H and O–H groups in total. The number of rotatable bonds is 11. The highest BCUT2D eigenvalue weighted by atomic mass is 35.5. The van der Waals surface area contributed by atoms with Gasteiger partial charge in [0.25, 0.3) is 11.8 Å². The second-order valence-electron chi connectivity index (χ2n) is 11.5. The summed E-state index contributed by atoms with van der Waals surface area (Å²) in [6, 6.07) is 17.7. The Morgan fingerprint density at radius 3 is 2.34 bits per heavy atom. The molecule has 0 spiro atoms. The molecule has 1 aliphatic heterocycles. The summed E-state index contributed by atoms with van der Waals surface area (Å²) < 4.78 is 17.3. The first-order valence-electron chi connectivity index (χ1n) is 15.3. The van der Waals surface area contributed by atoms with Crippen molar-refractivity contribution in [2.24, 2.45) is 0 Å². The standard InChI is InChI=1S/C33H39ClN3O6P/c34-26-16-11-25(12-17-26)33(39)36-27-18-13-24(14-19-27)32(38)35-21-5-3-8-28-9-4-6-22-37(28)30-20-15-23-7-1-2-10-29(23)31(30)43-44(40,41)42/h11-20,28H,1-10,21-22H2,(H,35,38)(H,36,39)(H2,40,41,42). The lowest BCUT2D eigenvalue weighted by molar-refractivity contribution is 0.0952. The van der Waals surface area contributed by atoms with Crippen LogP contribution in [0.15, 0.2) is 60.7 Å². The molecule has 1 unspecified atom stereocenters. The van der Waals surface area contributed by atoms with E-state index in [9.17, 15) is 23.9 Å². The fraction of sp³-hybridized carbons (Fsp3) is 0.394. The van der Waals surface area contributed by atoms with Crippen molar-refractivity contribution in [2.75, 3.05) is 23.3 Å². The number of piperidine rings is 1. The molecule has 0 aromatic heterocycles. The Labute approximate surface area is 263 Å². The van der Waals surface area contributed by atoms with E-state index in [-0.39, 0.29) is 17.9 Å². The molecule has 3 aromatic carbocycles. The van der Waals surface area contributed by atoms with Crippen molar-refractivity contribution < 1.29 is 28.5 Å². The number of halogens is 1. The van der Waals surface area contributed by atoms with Gasteiger partial charge < -0.3 is 20.1 Å². The smallest absolute Gasteiger partial charge is 0.402 e. The van der Waals surface area contributed by atoms with Crippen LogP contribution in [0.5, 0.6) is 5.75 Å². The number of nitrogens with zero attached hydrogens (tertiary/aromatic N) is 1.